The van der Waals surface area contributed by atoms with Gasteiger partial charge in [0.1, 0.15) is 5.78 Å². The summed E-state index contributed by atoms with van der Waals surface area (Å²) in [6.07, 6.45) is 2.18. The van der Waals surface area contributed by atoms with Crippen LogP contribution in [0, 0.1) is 17.3 Å². The number of rotatable bonds is 17. The van der Waals surface area contributed by atoms with Gasteiger partial charge in [0.05, 0.1) is 25.7 Å². The van der Waals surface area contributed by atoms with E-state index in [-0.39, 0.29) is 28.9 Å². The molecule has 0 spiro atoms. The number of aliphatic hydroxyl groups is 1. The highest BCUT2D eigenvalue weighted by molar-refractivity contribution is 6.74. The van der Waals surface area contributed by atoms with E-state index in [9.17, 15) is 24.3 Å². The Kier molecular flexibility index (Phi) is 15.2. The molecule has 5 atom stereocenters. The summed E-state index contributed by atoms with van der Waals surface area (Å²) in [6.45, 7) is 22.4. The Morgan fingerprint density at radius 1 is 0.975 bits per heavy atom. The molecule has 0 saturated heterocycles. The fourth-order valence-corrected chi connectivity index (χ4v) is 5.83. The molecule has 0 bridgehead atoms. The lowest BCUT2D eigenvalue weighted by Crippen LogP contribution is -2.52. The fraction of sp³-hybridized carbons (Fsp3) is 0.806. The van der Waals surface area contributed by atoms with Gasteiger partial charge in [-0.15, -0.1) is 0 Å². The summed E-state index contributed by atoms with van der Waals surface area (Å²) in [5, 5.41) is 11.0. The van der Waals surface area contributed by atoms with E-state index >= 15 is 0 Å². The zero-order valence-corrected chi connectivity index (χ0v) is 28.3. The molecule has 0 heterocycles. The minimum atomic E-state index is -2.32. The number of allylic oxidation sites excluding steroid dienone is 1. The maximum atomic E-state index is 13.8. The van der Waals surface area contributed by atoms with Gasteiger partial charge >= 0.3 is 11.9 Å². The maximum absolute atomic E-state index is 13.8. The van der Waals surface area contributed by atoms with Crippen LogP contribution in [0.15, 0.2) is 11.6 Å². The Balaban J connectivity index is 5.40. The van der Waals surface area contributed by atoms with Gasteiger partial charge in [-0.05, 0) is 57.2 Å². The molecule has 5 unspecified atom stereocenters. The van der Waals surface area contributed by atoms with Crippen LogP contribution in [0.25, 0.3) is 0 Å². The summed E-state index contributed by atoms with van der Waals surface area (Å²) >= 11 is 0. The molecule has 8 nitrogen and oxygen atoms in total. The first kappa shape index (κ1) is 38.2. The van der Waals surface area contributed by atoms with E-state index in [2.05, 4.69) is 33.9 Å². The van der Waals surface area contributed by atoms with Gasteiger partial charge in [-0.3, -0.25) is 19.2 Å². The topological polar surface area (TPSA) is 116 Å². The second-order valence-electron chi connectivity index (χ2n) is 13.4. The lowest BCUT2D eigenvalue weighted by atomic mass is 9.73. The maximum Gasteiger partial charge on any atom is 0.308 e. The number of aliphatic hydroxyl groups excluding tert-OH is 1. The first-order valence-electron chi connectivity index (χ1n) is 14.4. The molecular weight excluding hydrogens is 528 g/mol. The van der Waals surface area contributed by atoms with Crippen LogP contribution in [0.1, 0.15) is 101 Å². The van der Waals surface area contributed by atoms with E-state index in [4.69, 9.17) is 13.9 Å². The highest BCUT2D eigenvalue weighted by Crippen LogP contribution is 2.42. The third-order valence-electron chi connectivity index (χ3n) is 8.44. The molecule has 0 aliphatic rings. The quantitative estimate of drug-likeness (QED) is 0.122. The van der Waals surface area contributed by atoms with Gasteiger partial charge in [0.15, 0.2) is 20.2 Å². The Hall–Kier alpha value is -1.84. The normalized spacial score (nSPS) is 16.9. The molecule has 0 radical (unpaired) electrons. The Morgan fingerprint density at radius 3 is 1.98 bits per heavy atom. The number of esters is 2. The average Bonchev–Trinajstić information content (AvgIpc) is 2.83. The molecule has 0 aromatic rings. The van der Waals surface area contributed by atoms with Gasteiger partial charge in [0.2, 0.25) is 0 Å². The number of hydrogen-bond acceptors (Lipinski definition) is 8. The largest absolute Gasteiger partial charge is 0.469 e. The molecule has 9 heteroatoms. The number of Topliss-reactive ketones (excluding diaryl/α,β-unsaturated/α-hetero) is 2. The van der Waals surface area contributed by atoms with Crippen LogP contribution in [0.5, 0.6) is 0 Å². The lowest BCUT2D eigenvalue weighted by molar-refractivity contribution is -0.152. The minimum Gasteiger partial charge on any atom is -0.469 e. The van der Waals surface area contributed by atoms with Crippen molar-refractivity contribution in [3.63, 3.8) is 0 Å². The van der Waals surface area contributed by atoms with Gasteiger partial charge in [-0.1, -0.05) is 60.1 Å². The van der Waals surface area contributed by atoms with Crippen LogP contribution in [-0.2, 0) is 33.1 Å². The molecule has 0 aliphatic carbocycles. The zero-order valence-electron chi connectivity index (χ0n) is 27.3. The molecule has 0 rings (SSSR count). The Bertz CT molecular complexity index is 900. The molecule has 0 aromatic carbocycles. The van der Waals surface area contributed by atoms with E-state index in [0.717, 1.165) is 18.4 Å². The molecule has 0 aromatic heterocycles. The van der Waals surface area contributed by atoms with E-state index < -0.39 is 49.9 Å². The third-order valence-corrected chi connectivity index (χ3v) is 12.9. The molecule has 0 fully saturated rings. The average molecular weight is 585 g/mol. The van der Waals surface area contributed by atoms with Crippen LogP contribution >= 0.6 is 0 Å². The SMILES string of the molecule is COC(=O)CC(O[Si](C)(C)C(C)(C)C)C(C)(C)C(=O)C(C)C(O)C(C)CCC/C(C)=C/CC(OC(C)=O)C(C)=O. The highest BCUT2D eigenvalue weighted by atomic mass is 28.4. The first-order valence-corrected chi connectivity index (χ1v) is 17.3. The summed E-state index contributed by atoms with van der Waals surface area (Å²) in [7, 11) is -0.989. The monoisotopic (exact) mass is 584 g/mol. The number of carbonyl (C=O) groups excluding carboxylic acids is 4. The summed E-state index contributed by atoms with van der Waals surface area (Å²) in [5.41, 5.74) is 0.0528. The van der Waals surface area contributed by atoms with Crippen molar-refractivity contribution in [3.05, 3.63) is 11.6 Å². The van der Waals surface area contributed by atoms with Crippen LogP contribution in [0.2, 0.25) is 18.1 Å². The van der Waals surface area contributed by atoms with Crippen molar-refractivity contribution >= 4 is 31.8 Å². The molecule has 0 aliphatic heterocycles. The molecule has 232 valence electrons. The van der Waals surface area contributed by atoms with Crippen molar-refractivity contribution in [2.24, 2.45) is 17.3 Å². The first-order chi connectivity index (χ1) is 18.1. The standard InChI is InChI=1S/C31H56O8Si/c1-20(17-18-25(23(4)32)38-24(5)33)15-14-16-21(2)28(35)22(3)29(36)31(9,10)26(19-27(34)37-11)39-40(12,13)30(6,7)8/h17,21-22,25-26,28,35H,14-16,18-19H2,1-13H3/b20-17+. The molecule has 0 amide bonds. The lowest BCUT2D eigenvalue weighted by Gasteiger charge is -2.44. The van der Waals surface area contributed by atoms with Gasteiger partial charge < -0.3 is 19.0 Å². The van der Waals surface area contributed by atoms with Crippen LogP contribution < -0.4 is 0 Å². The Morgan fingerprint density at radius 2 is 1.52 bits per heavy atom. The predicted molar refractivity (Wildman–Crippen MR) is 160 cm³/mol. The third kappa shape index (κ3) is 11.9. The second kappa shape index (κ2) is 16.0. The summed E-state index contributed by atoms with van der Waals surface area (Å²) in [4.78, 5) is 49.0. The van der Waals surface area contributed by atoms with Crippen molar-refractivity contribution in [1.29, 1.82) is 0 Å². The van der Waals surface area contributed by atoms with Gasteiger partial charge in [0.25, 0.3) is 0 Å². The molecule has 40 heavy (non-hydrogen) atoms. The number of carbonyl (C=O) groups is 4. The van der Waals surface area contributed by atoms with Crippen molar-refractivity contribution in [2.45, 2.75) is 138 Å². The summed E-state index contributed by atoms with van der Waals surface area (Å²) in [6, 6.07) is 0. The smallest absolute Gasteiger partial charge is 0.308 e. The highest BCUT2D eigenvalue weighted by Gasteiger charge is 2.48. The van der Waals surface area contributed by atoms with Gasteiger partial charge in [-0.25, -0.2) is 0 Å². The van der Waals surface area contributed by atoms with Crippen molar-refractivity contribution in [1.82, 2.24) is 0 Å². The summed E-state index contributed by atoms with van der Waals surface area (Å²) < 4.78 is 16.6. The van der Waals surface area contributed by atoms with E-state index in [1.165, 1.54) is 21.0 Å². The second-order valence-corrected chi connectivity index (χ2v) is 18.1. The molecular formula is C31H56O8Si. The van der Waals surface area contributed by atoms with Crippen LogP contribution in [-0.4, -0.2) is 62.4 Å². The number of hydrogen-bond donors (Lipinski definition) is 1. The number of ketones is 2. The van der Waals surface area contributed by atoms with Crippen LogP contribution in [0.4, 0.5) is 0 Å². The molecule has 1 N–H and O–H groups in total. The van der Waals surface area contributed by atoms with Gasteiger partial charge in [0, 0.05) is 24.7 Å². The van der Waals surface area contributed by atoms with E-state index in [0.29, 0.717) is 12.8 Å². The van der Waals surface area contributed by atoms with E-state index in [1.807, 2.05) is 19.9 Å². The Labute approximate surface area is 243 Å². The van der Waals surface area contributed by atoms with Crippen LogP contribution in [0.3, 0.4) is 0 Å². The van der Waals surface area contributed by atoms with Crippen molar-refractivity contribution in [2.75, 3.05) is 7.11 Å². The molecule has 0 saturated carbocycles. The minimum absolute atomic E-state index is 0.0341. The van der Waals surface area contributed by atoms with Crippen molar-refractivity contribution in [3.8, 4) is 0 Å². The number of ether oxygens (including phenoxy) is 2. The summed E-state index contributed by atoms with van der Waals surface area (Å²) in [5.74, 6) is -2.03. The van der Waals surface area contributed by atoms with Crippen molar-refractivity contribution < 1.29 is 38.2 Å². The predicted octanol–water partition coefficient (Wildman–Crippen LogP) is 6.20. The van der Waals surface area contributed by atoms with Gasteiger partial charge in [-0.2, -0.15) is 0 Å². The fourth-order valence-electron chi connectivity index (χ4n) is 4.39. The zero-order chi connectivity index (χ0) is 31.6. The number of methoxy groups -OCH3 is 1. The van der Waals surface area contributed by atoms with E-state index in [1.54, 1.807) is 20.8 Å².